The highest BCUT2D eigenvalue weighted by atomic mass is 16.6. The van der Waals surface area contributed by atoms with Crippen molar-refractivity contribution < 1.29 is 9.72 Å². The van der Waals surface area contributed by atoms with E-state index in [9.17, 15) is 14.9 Å². The Labute approximate surface area is 113 Å². The first-order chi connectivity index (χ1) is 9.56. The number of rotatable bonds is 4. The number of aromatic nitrogens is 3. The maximum absolute atomic E-state index is 11.6. The average molecular weight is 273 g/mol. The van der Waals surface area contributed by atoms with Gasteiger partial charge in [0.15, 0.2) is 0 Å². The van der Waals surface area contributed by atoms with Crippen molar-refractivity contribution >= 4 is 23.6 Å². The number of hydrogen-bond donors (Lipinski definition) is 2. The Morgan fingerprint density at radius 1 is 1.45 bits per heavy atom. The zero-order chi connectivity index (χ0) is 14.5. The number of para-hydroxylation sites is 1. The topological polar surface area (TPSA) is 114 Å². The van der Waals surface area contributed by atoms with Crippen molar-refractivity contribution in [2.24, 2.45) is 0 Å². The molecular formula is C12H11N5O3. The Kier molecular flexibility index (Phi) is 3.85. The van der Waals surface area contributed by atoms with Crippen molar-refractivity contribution in [3.8, 4) is 0 Å². The molecule has 0 aliphatic heterocycles. The Hall–Kier alpha value is -3.03. The summed E-state index contributed by atoms with van der Waals surface area (Å²) in [6, 6.07) is 6.14. The van der Waals surface area contributed by atoms with Gasteiger partial charge in [0, 0.05) is 12.1 Å². The maximum Gasteiger partial charge on any atom is 0.276 e. The minimum absolute atomic E-state index is 0.0645. The molecule has 1 amide bonds. The number of nitrogens with one attached hydrogen (secondary N) is 2. The van der Waals surface area contributed by atoms with Gasteiger partial charge in [-0.15, -0.1) is 5.10 Å². The summed E-state index contributed by atoms with van der Waals surface area (Å²) >= 11 is 0. The third-order valence-electron chi connectivity index (χ3n) is 2.38. The molecular weight excluding hydrogens is 262 g/mol. The Bertz CT molecular complexity index is 677. The van der Waals surface area contributed by atoms with Crippen LogP contribution in [0.2, 0.25) is 0 Å². The molecule has 1 aromatic heterocycles. The first-order valence-corrected chi connectivity index (χ1v) is 5.68. The van der Waals surface area contributed by atoms with Crippen LogP contribution in [0.1, 0.15) is 11.4 Å². The van der Waals surface area contributed by atoms with Crippen LogP contribution in [0.15, 0.2) is 30.3 Å². The lowest BCUT2D eigenvalue weighted by Gasteiger charge is -1.97. The van der Waals surface area contributed by atoms with Gasteiger partial charge in [0.2, 0.25) is 5.95 Å². The van der Waals surface area contributed by atoms with Crippen LogP contribution in [-0.2, 0) is 4.79 Å². The molecule has 0 bridgehead atoms. The summed E-state index contributed by atoms with van der Waals surface area (Å²) in [6.07, 6.45) is 2.56. The van der Waals surface area contributed by atoms with E-state index in [1.165, 1.54) is 18.2 Å². The first kappa shape index (κ1) is 13.4. The smallest absolute Gasteiger partial charge is 0.276 e. The van der Waals surface area contributed by atoms with Crippen molar-refractivity contribution in [2.45, 2.75) is 6.92 Å². The van der Waals surface area contributed by atoms with E-state index in [0.717, 1.165) is 0 Å². The van der Waals surface area contributed by atoms with Crippen LogP contribution < -0.4 is 5.32 Å². The number of benzene rings is 1. The molecule has 20 heavy (non-hydrogen) atoms. The third kappa shape index (κ3) is 3.25. The predicted octanol–water partition coefficient (Wildman–Crippen LogP) is 1.67. The highest BCUT2D eigenvalue weighted by Crippen LogP contribution is 2.18. The van der Waals surface area contributed by atoms with Gasteiger partial charge in [0.1, 0.15) is 5.82 Å². The quantitative estimate of drug-likeness (QED) is 0.499. The first-order valence-electron chi connectivity index (χ1n) is 5.68. The number of carbonyl (C=O) groups excluding carboxylic acids is 1. The van der Waals surface area contributed by atoms with Crippen molar-refractivity contribution in [1.82, 2.24) is 15.2 Å². The van der Waals surface area contributed by atoms with Gasteiger partial charge in [0.05, 0.1) is 10.5 Å². The van der Waals surface area contributed by atoms with Gasteiger partial charge in [-0.2, -0.15) is 4.98 Å². The van der Waals surface area contributed by atoms with Crippen LogP contribution in [-0.4, -0.2) is 26.0 Å². The molecule has 102 valence electrons. The van der Waals surface area contributed by atoms with Crippen molar-refractivity contribution in [2.75, 3.05) is 5.32 Å². The number of aryl methyl sites for hydroxylation is 1. The standard InChI is InChI=1S/C12H11N5O3/c1-8-13-12(16-15-8)14-11(18)7-6-9-4-2-3-5-10(9)17(19)20/h2-7H,1H3,(H2,13,14,15,16,18)/b7-6+. The van der Waals surface area contributed by atoms with Gasteiger partial charge >= 0.3 is 0 Å². The number of nitro benzene ring substituents is 1. The largest absolute Gasteiger partial charge is 0.290 e. The SMILES string of the molecule is Cc1nc(NC(=O)/C=C/c2ccccc2[N+](=O)[O-])n[nH]1. The molecule has 0 unspecified atom stereocenters. The Morgan fingerprint density at radius 3 is 2.85 bits per heavy atom. The van der Waals surface area contributed by atoms with Crippen molar-refractivity contribution in [3.63, 3.8) is 0 Å². The van der Waals surface area contributed by atoms with E-state index in [1.807, 2.05) is 0 Å². The third-order valence-corrected chi connectivity index (χ3v) is 2.38. The maximum atomic E-state index is 11.6. The van der Waals surface area contributed by atoms with Crippen LogP contribution in [0.3, 0.4) is 0 Å². The van der Waals surface area contributed by atoms with Gasteiger partial charge < -0.3 is 0 Å². The van der Waals surface area contributed by atoms with Gasteiger partial charge in [-0.05, 0) is 19.1 Å². The average Bonchev–Trinajstić information content (AvgIpc) is 2.82. The predicted molar refractivity (Wildman–Crippen MR) is 71.9 cm³/mol. The summed E-state index contributed by atoms with van der Waals surface area (Å²) in [5.41, 5.74) is 0.282. The fraction of sp³-hybridized carbons (Fsp3) is 0.0833. The van der Waals surface area contributed by atoms with Gasteiger partial charge in [0.25, 0.3) is 11.6 Å². The van der Waals surface area contributed by atoms with Crippen LogP contribution in [0.25, 0.3) is 6.08 Å². The number of anilines is 1. The monoisotopic (exact) mass is 273 g/mol. The summed E-state index contributed by atoms with van der Waals surface area (Å²) < 4.78 is 0. The van der Waals surface area contributed by atoms with Crippen molar-refractivity contribution in [1.29, 1.82) is 0 Å². The fourth-order valence-electron chi connectivity index (χ4n) is 1.51. The van der Waals surface area contributed by atoms with Crippen LogP contribution in [0, 0.1) is 17.0 Å². The number of aromatic amines is 1. The molecule has 8 heteroatoms. The molecule has 1 aromatic carbocycles. The number of nitro groups is 1. The second-order valence-corrected chi connectivity index (χ2v) is 3.88. The number of amides is 1. The molecule has 2 N–H and O–H groups in total. The van der Waals surface area contributed by atoms with Gasteiger partial charge in [-0.3, -0.25) is 25.3 Å². The Balaban J connectivity index is 2.09. The molecule has 0 aliphatic carbocycles. The summed E-state index contributed by atoms with van der Waals surface area (Å²) in [7, 11) is 0. The summed E-state index contributed by atoms with van der Waals surface area (Å²) in [6.45, 7) is 1.70. The van der Waals surface area contributed by atoms with Crippen LogP contribution in [0.4, 0.5) is 11.6 Å². The highest BCUT2D eigenvalue weighted by Gasteiger charge is 2.10. The molecule has 0 saturated carbocycles. The van der Waals surface area contributed by atoms with Gasteiger partial charge in [-0.1, -0.05) is 12.1 Å². The van der Waals surface area contributed by atoms with E-state index < -0.39 is 10.8 Å². The molecule has 0 fully saturated rings. The molecule has 8 nitrogen and oxygen atoms in total. The molecule has 1 heterocycles. The number of H-pyrrole nitrogens is 1. The molecule has 0 saturated heterocycles. The molecule has 0 atom stereocenters. The highest BCUT2D eigenvalue weighted by molar-refractivity contribution is 6.01. The van der Waals surface area contributed by atoms with E-state index in [1.54, 1.807) is 25.1 Å². The second kappa shape index (κ2) is 5.74. The zero-order valence-corrected chi connectivity index (χ0v) is 10.5. The normalized spacial score (nSPS) is 10.7. The zero-order valence-electron chi connectivity index (χ0n) is 10.5. The molecule has 0 spiro atoms. The lowest BCUT2D eigenvalue weighted by atomic mass is 10.1. The Morgan fingerprint density at radius 2 is 2.20 bits per heavy atom. The van der Waals surface area contributed by atoms with E-state index >= 15 is 0 Å². The van der Waals surface area contributed by atoms with E-state index in [0.29, 0.717) is 11.4 Å². The number of carbonyl (C=O) groups is 1. The van der Waals surface area contributed by atoms with Crippen LogP contribution in [0.5, 0.6) is 0 Å². The minimum atomic E-state index is -0.504. The van der Waals surface area contributed by atoms with E-state index in [-0.39, 0.29) is 11.6 Å². The summed E-state index contributed by atoms with van der Waals surface area (Å²) in [5.74, 6) is 0.254. The lowest BCUT2D eigenvalue weighted by Crippen LogP contribution is -2.09. The molecule has 0 aliphatic rings. The van der Waals surface area contributed by atoms with E-state index in [2.05, 4.69) is 20.5 Å². The van der Waals surface area contributed by atoms with E-state index in [4.69, 9.17) is 0 Å². The minimum Gasteiger partial charge on any atom is -0.290 e. The second-order valence-electron chi connectivity index (χ2n) is 3.88. The summed E-state index contributed by atoms with van der Waals surface area (Å²) in [4.78, 5) is 25.8. The number of nitrogens with zero attached hydrogens (tertiary/aromatic N) is 3. The van der Waals surface area contributed by atoms with Crippen molar-refractivity contribution in [3.05, 3.63) is 51.8 Å². The number of hydrogen-bond acceptors (Lipinski definition) is 5. The van der Waals surface area contributed by atoms with Gasteiger partial charge in [-0.25, -0.2) is 0 Å². The summed E-state index contributed by atoms with van der Waals surface area (Å²) in [5, 5.41) is 19.6. The molecule has 0 radical (unpaired) electrons. The molecule has 2 aromatic rings. The fourth-order valence-corrected chi connectivity index (χ4v) is 1.51. The molecule has 2 rings (SSSR count). The lowest BCUT2D eigenvalue weighted by molar-refractivity contribution is -0.385. The van der Waals surface area contributed by atoms with Crippen LogP contribution >= 0.6 is 0 Å².